The fourth-order valence-corrected chi connectivity index (χ4v) is 3.37. The van der Waals surface area contributed by atoms with E-state index in [9.17, 15) is 14.4 Å². The second-order valence-electron chi connectivity index (χ2n) is 5.67. The predicted octanol–water partition coefficient (Wildman–Crippen LogP) is 2.31. The first-order valence-electron chi connectivity index (χ1n) is 7.58. The number of hydrogen-bond acceptors (Lipinski definition) is 4. The van der Waals surface area contributed by atoms with Gasteiger partial charge in [-0.15, -0.1) is 11.3 Å². The molecule has 0 aliphatic carbocycles. The summed E-state index contributed by atoms with van der Waals surface area (Å²) in [6.45, 7) is 0.0985. The summed E-state index contributed by atoms with van der Waals surface area (Å²) < 4.78 is 0. The van der Waals surface area contributed by atoms with Gasteiger partial charge in [-0.05, 0) is 35.7 Å². The Balaban J connectivity index is 1.62. The molecule has 1 fully saturated rings. The molecule has 0 radical (unpaired) electrons. The van der Waals surface area contributed by atoms with Crippen LogP contribution >= 0.6 is 22.9 Å². The van der Waals surface area contributed by atoms with Crippen LogP contribution in [0.3, 0.4) is 0 Å². The number of anilines is 1. The third kappa shape index (κ3) is 3.83. The third-order valence-corrected chi connectivity index (χ3v) is 4.99. The van der Waals surface area contributed by atoms with Gasteiger partial charge >= 0.3 is 0 Å². The number of benzene rings is 1. The minimum absolute atomic E-state index is 0.00247. The van der Waals surface area contributed by atoms with Crippen molar-refractivity contribution in [3.05, 3.63) is 51.7 Å². The lowest BCUT2D eigenvalue weighted by Gasteiger charge is -2.21. The highest BCUT2D eigenvalue weighted by atomic mass is 35.5. The molecule has 1 aliphatic rings. The van der Waals surface area contributed by atoms with E-state index in [2.05, 4.69) is 0 Å². The monoisotopic (exact) mass is 377 g/mol. The Morgan fingerprint density at radius 2 is 1.96 bits per heavy atom. The molecule has 3 amide bonds. The van der Waals surface area contributed by atoms with E-state index in [0.717, 1.165) is 0 Å². The predicted molar refractivity (Wildman–Crippen MR) is 96.8 cm³/mol. The Bertz CT molecular complexity index is 792. The Kier molecular flexibility index (Phi) is 5.06. The minimum Gasteiger partial charge on any atom is -0.332 e. The van der Waals surface area contributed by atoms with Crippen LogP contribution in [-0.2, 0) is 9.59 Å². The topological polar surface area (TPSA) is 60.9 Å². The van der Waals surface area contributed by atoms with E-state index in [1.54, 1.807) is 43.4 Å². The molecule has 0 bridgehead atoms. The van der Waals surface area contributed by atoms with Crippen molar-refractivity contribution < 1.29 is 14.4 Å². The molecule has 0 N–H and O–H groups in total. The zero-order chi connectivity index (χ0) is 18.0. The van der Waals surface area contributed by atoms with Crippen LogP contribution in [-0.4, -0.2) is 54.3 Å². The lowest BCUT2D eigenvalue weighted by Crippen LogP contribution is -2.40. The fraction of sp³-hybridized carbons (Fsp3) is 0.235. The summed E-state index contributed by atoms with van der Waals surface area (Å²) in [6, 6.07) is 10.4. The van der Waals surface area contributed by atoms with Gasteiger partial charge in [0.2, 0.25) is 11.8 Å². The molecule has 6 nitrogen and oxygen atoms in total. The smallest absolute Gasteiger partial charge is 0.264 e. The number of nitrogens with zero attached hydrogens (tertiary/aromatic N) is 3. The van der Waals surface area contributed by atoms with Gasteiger partial charge in [0, 0.05) is 17.8 Å². The summed E-state index contributed by atoms with van der Waals surface area (Å²) in [5, 5.41) is 2.39. The van der Waals surface area contributed by atoms with Crippen molar-refractivity contribution in [2.24, 2.45) is 0 Å². The van der Waals surface area contributed by atoms with Crippen LogP contribution < -0.4 is 4.90 Å². The van der Waals surface area contributed by atoms with Crippen LogP contribution in [0.2, 0.25) is 5.02 Å². The van der Waals surface area contributed by atoms with E-state index in [0.29, 0.717) is 15.6 Å². The standard InChI is InChI=1S/C17H16ClN3O3S/c1-19(17(24)14-3-2-8-25-14)9-15(22)20-10-16(23)21(11-20)13-6-4-12(18)5-7-13/h2-8H,9-11H2,1H3. The van der Waals surface area contributed by atoms with E-state index in [-0.39, 0.29) is 37.5 Å². The minimum atomic E-state index is -0.266. The Labute approximate surface area is 154 Å². The van der Waals surface area contributed by atoms with Gasteiger partial charge in [0.25, 0.3) is 5.91 Å². The molecule has 25 heavy (non-hydrogen) atoms. The second-order valence-corrected chi connectivity index (χ2v) is 7.05. The van der Waals surface area contributed by atoms with Crippen LogP contribution in [0.1, 0.15) is 9.67 Å². The molecule has 2 aromatic rings. The molecule has 8 heteroatoms. The summed E-state index contributed by atoms with van der Waals surface area (Å²) in [4.78, 5) is 41.8. The molecule has 0 unspecified atom stereocenters. The number of likely N-dealkylation sites (N-methyl/N-ethyl adjacent to an activating group) is 1. The number of hydrogen-bond donors (Lipinski definition) is 0. The van der Waals surface area contributed by atoms with Crippen molar-refractivity contribution in [1.82, 2.24) is 9.80 Å². The van der Waals surface area contributed by atoms with Crippen LogP contribution in [0, 0.1) is 0 Å². The van der Waals surface area contributed by atoms with Crippen molar-refractivity contribution in [1.29, 1.82) is 0 Å². The Morgan fingerprint density at radius 1 is 1.24 bits per heavy atom. The maximum Gasteiger partial charge on any atom is 0.264 e. The van der Waals surface area contributed by atoms with Crippen molar-refractivity contribution >= 4 is 46.3 Å². The van der Waals surface area contributed by atoms with Crippen LogP contribution in [0.25, 0.3) is 0 Å². The molecule has 130 valence electrons. The van der Waals surface area contributed by atoms with E-state index in [4.69, 9.17) is 11.6 Å². The number of rotatable bonds is 4. The molecule has 0 atom stereocenters. The summed E-state index contributed by atoms with van der Waals surface area (Å²) in [5.74, 6) is -0.636. The highest BCUT2D eigenvalue weighted by Crippen LogP contribution is 2.22. The van der Waals surface area contributed by atoms with E-state index >= 15 is 0 Å². The van der Waals surface area contributed by atoms with E-state index in [1.165, 1.54) is 26.0 Å². The zero-order valence-corrected chi connectivity index (χ0v) is 15.1. The molecule has 0 spiro atoms. The van der Waals surface area contributed by atoms with Gasteiger partial charge in [-0.1, -0.05) is 17.7 Å². The van der Waals surface area contributed by atoms with Crippen LogP contribution in [0.4, 0.5) is 5.69 Å². The maximum atomic E-state index is 12.4. The molecule has 1 saturated heterocycles. The summed E-state index contributed by atoms with van der Waals surface area (Å²) in [6.07, 6.45) is 0. The van der Waals surface area contributed by atoms with Crippen LogP contribution in [0.15, 0.2) is 41.8 Å². The average molecular weight is 378 g/mol. The SMILES string of the molecule is CN(CC(=O)N1CC(=O)N(c2ccc(Cl)cc2)C1)C(=O)c1cccs1. The maximum absolute atomic E-state index is 12.4. The van der Waals surface area contributed by atoms with Gasteiger partial charge < -0.3 is 9.80 Å². The van der Waals surface area contributed by atoms with Gasteiger partial charge in [-0.3, -0.25) is 19.3 Å². The van der Waals surface area contributed by atoms with Crippen molar-refractivity contribution in [2.75, 3.05) is 31.7 Å². The second kappa shape index (κ2) is 7.25. The van der Waals surface area contributed by atoms with Crippen molar-refractivity contribution in [3.63, 3.8) is 0 Å². The average Bonchev–Trinajstić information content (AvgIpc) is 3.24. The first-order valence-corrected chi connectivity index (χ1v) is 8.84. The summed E-state index contributed by atoms with van der Waals surface area (Å²) in [5.41, 5.74) is 0.688. The number of thiophene rings is 1. The van der Waals surface area contributed by atoms with E-state index < -0.39 is 0 Å². The molecule has 1 aromatic carbocycles. The molecule has 0 saturated carbocycles. The molecule has 1 aromatic heterocycles. The molecular formula is C17H16ClN3O3S. The zero-order valence-electron chi connectivity index (χ0n) is 13.5. The highest BCUT2D eigenvalue weighted by molar-refractivity contribution is 7.12. The molecule has 3 rings (SSSR count). The van der Waals surface area contributed by atoms with E-state index in [1.807, 2.05) is 5.38 Å². The third-order valence-electron chi connectivity index (χ3n) is 3.88. The Morgan fingerprint density at radius 3 is 2.60 bits per heavy atom. The fourth-order valence-electron chi connectivity index (χ4n) is 2.52. The Hall–Kier alpha value is -2.38. The normalized spacial score (nSPS) is 14.1. The lowest BCUT2D eigenvalue weighted by molar-refractivity contribution is -0.132. The molecule has 1 aliphatic heterocycles. The van der Waals surface area contributed by atoms with Gasteiger partial charge in [-0.2, -0.15) is 0 Å². The van der Waals surface area contributed by atoms with Crippen molar-refractivity contribution in [2.45, 2.75) is 0 Å². The first kappa shape index (κ1) is 17.4. The van der Waals surface area contributed by atoms with Gasteiger partial charge in [-0.25, -0.2) is 0 Å². The van der Waals surface area contributed by atoms with Crippen LogP contribution in [0.5, 0.6) is 0 Å². The van der Waals surface area contributed by atoms with Gasteiger partial charge in [0.1, 0.15) is 13.2 Å². The summed E-state index contributed by atoms with van der Waals surface area (Å²) in [7, 11) is 1.58. The van der Waals surface area contributed by atoms with Gasteiger partial charge in [0.15, 0.2) is 0 Å². The number of amides is 3. The number of carbonyl (C=O) groups excluding carboxylic acids is 3. The number of carbonyl (C=O) groups is 3. The van der Waals surface area contributed by atoms with Crippen molar-refractivity contribution in [3.8, 4) is 0 Å². The highest BCUT2D eigenvalue weighted by Gasteiger charge is 2.32. The quantitative estimate of drug-likeness (QED) is 0.821. The first-order chi connectivity index (χ1) is 12.0. The summed E-state index contributed by atoms with van der Waals surface area (Å²) >= 11 is 7.19. The van der Waals surface area contributed by atoms with Gasteiger partial charge in [0.05, 0.1) is 11.4 Å². The largest absolute Gasteiger partial charge is 0.332 e. The number of halogens is 1. The lowest BCUT2D eigenvalue weighted by atomic mass is 10.3. The molecular weight excluding hydrogens is 362 g/mol. The molecule has 2 heterocycles.